The van der Waals surface area contributed by atoms with E-state index in [1.54, 1.807) is 24.3 Å². The quantitative estimate of drug-likeness (QED) is 0.902. The maximum Gasteiger partial charge on any atom is 0.417 e. The number of alkyl halides is 3. The molecule has 3 rings (SSSR count). The minimum Gasteiger partial charge on any atom is -0.380 e. The van der Waals surface area contributed by atoms with Crippen LogP contribution < -0.4 is 0 Å². The number of nitriles is 1. The molecule has 7 heteroatoms. The number of nitrogens with zero attached hydrogens (tertiary/aromatic N) is 2. The Hall–Kier alpha value is -2.07. The van der Waals surface area contributed by atoms with Crippen LogP contribution in [0.3, 0.4) is 0 Å². The fraction of sp³-hybridized carbons (Fsp3) is 0.529. The number of piperidine rings is 1. The van der Waals surface area contributed by atoms with Gasteiger partial charge in [-0.15, -0.1) is 0 Å². The third-order valence-corrected chi connectivity index (χ3v) is 5.05. The molecular weight excluding hydrogens is 321 g/mol. The second-order valence-corrected chi connectivity index (χ2v) is 6.59. The van der Waals surface area contributed by atoms with Gasteiger partial charge in [-0.2, -0.15) is 18.4 Å². The van der Waals surface area contributed by atoms with Crippen LogP contribution in [-0.2, 0) is 5.41 Å². The standard InChI is InChI=1S/C17H17F3N2O2/c18-17(19,20)16(24)7-9-22(10-8-16)14(23)12-1-3-13(4-2-12)15(11-21)5-6-15/h1-4,24H,5-10H2. The Morgan fingerprint density at radius 3 is 2.08 bits per heavy atom. The number of hydrogen-bond donors (Lipinski definition) is 1. The van der Waals surface area contributed by atoms with Gasteiger partial charge < -0.3 is 10.0 Å². The first-order valence-corrected chi connectivity index (χ1v) is 7.81. The highest BCUT2D eigenvalue weighted by Gasteiger charge is 2.55. The normalized spacial score (nSPS) is 21.9. The zero-order valence-electron chi connectivity index (χ0n) is 12.9. The molecule has 1 aromatic carbocycles. The van der Waals surface area contributed by atoms with Crippen molar-refractivity contribution in [2.75, 3.05) is 13.1 Å². The molecule has 1 amide bonds. The van der Waals surface area contributed by atoms with Gasteiger partial charge in [0.25, 0.3) is 5.91 Å². The SMILES string of the molecule is N#CC1(c2ccc(C(=O)N3CCC(O)(C(F)(F)F)CC3)cc2)CC1. The van der Waals surface area contributed by atoms with E-state index >= 15 is 0 Å². The molecule has 0 unspecified atom stereocenters. The Balaban J connectivity index is 1.67. The van der Waals surface area contributed by atoms with E-state index in [4.69, 9.17) is 5.26 Å². The molecule has 1 saturated carbocycles. The van der Waals surface area contributed by atoms with Gasteiger partial charge in [0.05, 0.1) is 11.5 Å². The minimum absolute atomic E-state index is 0.140. The van der Waals surface area contributed by atoms with Crippen molar-refractivity contribution in [3.8, 4) is 6.07 Å². The number of benzene rings is 1. The van der Waals surface area contributed by atoms with Crippen LogP contribution in [0.25, 0.3) is 0 Å². The van der Waals surface area contributed by atoms with Crippen molar-refractivity contribution in [2.24, 2.45) is 0 Å². The molecule has 0 radical (unpaired) electrons. The first-order valence-electron chi connectivity index (χ1n) is 7.81. The number of carbonyl (C=O) groups is 1. The Labute approximate surface area is 137 Å². The molecule has 1 aromatic rings. The van der Waals surface area contributed by atoms with E-state index in [2.05, 4.69) is 6.07 Å². The maximum atomic E-state index is 12.8. The van der Waals surface area contributed by atoms with Crippen LogP contribution in [0.5, 0.6) is 0 Å². The zero-order valence-corrected chi connectivity index (χ0v) is 12.9. The molecule has 1 N–H and O–H groups in total. The van der Waals surface area contributed by atoms with Gasteiger partial charge in [0.2, 0.25) is 0 Å². The van der Waals surface area contributed by atoms with Gasteiger partial charge in [0, 0.05) is 31.5 Å². The number of aliphatic hydroxyl groups is 1. The van der Waals surface area contributed by atoms with E-state index in [1.165, 1.54) is 4.90 Å². The third kappa shape index (κ3) is 2.75. The Morgan fingerprint density at radius 2 is 1.67 bits per heavy atom. The molecule has 1 aliphatic carbocycles. The Morgan fingerprint density at radius 1 is 1.12 bits per heavy atom. The van der Waals surface area contributed by atoms with Gasteiger partial charge in [0.1, 0.15) is 0 Å². The van der Waals surface area contributed by atoms with Crippen LogP contribution in [0.4, 0.5) is 13.2 Å². The first-order chi connectivity index (χ1) is 11.2. The molecule has 0 atom stereocenters. The summed E-state index contributed by atoms with van der Waals surface area (Å²) < 4.78 is 38.4. The summed E-state index contributed by atoms with van der Waals surface area (Å²) >= 11 is 0. The maximum absolute atomic E-state index is 12.8. The topological polar surface area (TPSA) is 64.3 Å². The summed E-state index contributed by atoms with van der Waals surface area (Å²) in [7, 11) is 0. The van der Waals surface area contributed by atoms with E-state index in [0.29, 0.717) is 5.56 Å². The van der Waals surface area contributed by atoms with Gasteiger partial charge >= 0.3 is 6.18 Å². The summed E-state index contributed by atoms with van der Waals surface area (Å²) in [6.07, 6.45) is -4.10. The third-order valence-electron chi connectivity index (χ3n) is 5.05. The highest BCUT2D eigenvalue weighted by molar-refractivity contribution is 5.94. The molecule has 1 saturated heterocycles. The molecule has 24 heavy (non-hydrogen) atoms. The lowest BCUT2D eigenvalue weighted by atomic mass is 9.90. The van der Waals surface area contributed by atoms with E-state index in [9.17, 15) is 23.1 Å². The molecule has 2 fully saturated rings. The van der Waals surface area contributed by atoms with Crippen molar-refractivity contribution >= 4 is 5.91 Å². The lowest BCUT2D eigenvalue weighted by Gasteiger charge is -2.39. The van der Waals surface area contributed by atoms with Crippen LogP contribution in [-0.4, -0.2) is 40.8 Å². The monoisotopic (exact) mass is 338 g/mol. The molecule has 1 aliphatic heterocycles. The lowest BCUT2D eigenvalue weighted by Crippen LogP contribution is -2.54. The minimum atomic E-state index is -4.68. The van der Waals surface area contributed by atoms with E-state index in [1.807, 2.05) is 0 Å². The molecule has 128 valence electrons. The van der Waals surface area contributed by atoms with Crippen LogP contribution in [0.2, 0.25) is 0 Å². The fourth-order valence-corrected chi connectivity index (χ4v) is 3.07. The summed E-state index contributed by atoms with van der Waals surface area (Å²) in [5.41, 5.74) is -1.90. The molecule has 0 aromatic heterocycles. The van der Waals surface area contributed by atoms with Crippen molar-refractivity contribution in [3.63, 3.8) is 0 Å². The van der Waals surface area contributed by atoms with Crippen molar-refractivity contribution in [1.82, 2.24) is 4.90 Å². The predicted molar refractivity (Wildman–Crippen MR) is 79.1 cm³/mol. The summed E-state index contributed by atoms with van der Waals surface area (Å²) in [6, 6.07) is 8.97. The van der Waals surface area contributed by atoms with E-state index < -0.39 is 30.0 Å². The van der Waals surface area contributed by atoms with Crippen molar-refractivity contribution in [1.29, 1.82) is 5.26 Å². The van der Waals surface area contributed by atoms with E-state index in [0.717, 1.165) is 18.4 Å². The highest BCUT2D eigenvalue weighted by Crippen LogP contribution is 2.47. The number of halogens is 3. The first kappa shape index (κ1) is 16.8. The van der Waals surface area contributed by atoms with Crippen LogP contribution in [0, 0.1) is 11.3 Å². The van der Waals surface area contributed by atoms with Gasteiger partial charge in [0.15, 0.2) is 5.60 Å². The highest BCUT2D eigenvalue weighted by atomic mass is 19.4. The number of likely N-dealkylation sites (tertiary alicyclic amines) is 1. The predicted octanol–water partition coefficient (Wildman–Crippen LogP) is 2.77. The fourth-order valence-electron chi connectivity index (χ4n) is 3.07. The lowest BCUT2D eigenvalue weighted by molar-refractivity contribution is -0.271. The van der Waals surface area contributed by atoms with Gasteiger partial charge in [-0.3, -0.25) is 4.79 Å². The Bertz CT molecular complexity index is 679. The van der Waals surface area contributed by atoms with Gasteiger partial charge in [-0.05, 0) is 30.5 Å². The Kier molecular flexibility index (Phi) is 3.83. The summed E-state index contributed by atoms with van der Waals surface area (Å²) in [4.78, 5) is 13.7. The van der Waals surface area contributed by atoms with Gasteiger partial charge in [-0.25, -0.2) is 0 Å². The van der Waals surface area contributed by atoms with Crippen LogP contribution in [0.1, 0.15) is 41.6 Å². The number of rotatable bonds is 2. The summed E-state index contributed by atoms with van der Waals surface area (Å²) in [6.45, 7) is -0.280. The number of carbonyl (C=O) groups excluding carboxylic acids is 1. The number of hydrogen-bond acceptors (Lipinski definition) is 3. The average Bonchev–Trinajstić information content (AvgIpc) is 3.35. The van der Waals surface area contributed by atoms with E-state index in [-0.39, 0.29) is 19.0 Å². The smallest absolute Gasteiger partial charge is 0.380 e. The molecule has 2 aliphatic rings. The molecule has 0 spiro atoms. The summed E-state index contributed by atoms with van der Waals surface area (Å²) in [5, 5.41) is 18.8. The van der Waals surface area contributed by atoms with Gasteiger partial charge in [-0.1, -0.05) is 12.1 Å². The summed E-state index contributed by atoms with van der Waals surface area (Å²) in [5.74, 6) is -0.354. The number of amides is 1. The second kappa shape index (κ2) is 5.49. The molecule has 1 heterocycles. The van der Waals surface area contributed by atoms with Crippen LogP contribution in [0.15, 0.2) is 24.3 Å². The van der Waals surface area contributed by atoms with Crippen molar-refractivity contribution in [2.45, 2.75) is 42.9 Å². The van der Waals surface area contributed by atoms with Crippen molar-refractivity contribution in [3.05, 3.63) is 35.4 Å². The second-order valence-electron chi connectivity index (χ2n) is 6.59. The van der Waals surface area contributed by atoms with Crippen molar-refractivity contribution < 1.29 is 23.1 Å². The molecule has 4 nitrogen and oxygen atoms in total. The average molecular weight is 338 g/mol. The largest absolute Gasteiger partial charge is 0.417 e. The molecule has 0 bridgehead atoms. The molecular formula is C17H17F3N2O2. The van der Waals surface area contributed by atoms with Crippen LogP contribution >= 0.6 is 0 Å². The zero-order chi connectivity index (χ0) is 17.6.